The highest BCUT2D eigenvalue weighted by molar-refractivity contribution is 9.10. The van der Waals surface area contributed by atoms with Crippen molar-refractivity contribution in [3.63, 3.8) is 0 Å². The van der Waals surface area contributed by atoms with Crippen molar-refractivity contribution >= 4 is 21.6 Å². The summed E-state index contributed by atoms with van der Waals surface area (Å²) in [5.74, 6) is 0.0187. The average Bonchev–Trinajstić information content (AvgIpc) is 2.27. The van der Waals surface area contributed by atoms with Crippen molar-refractivity contribution in [3.8, 4) is 11.6 Å². The predicted octanol–water partition coefficient (Wildman–Crippen LogP) is 2.75. The van der Waals surface area contributed by atoms with Gasteiger partial charge in [-0.05, 0) is 22.0 Å². The smallest absolute Gasteiger partial charge is 0.237 e. The van der Waals surface area contributed by atoms with E-state index in [2.05, 4.69) is 25.9 Å². The zero-order chi connectivity index (χ0) is 11.5. The van der Waals surface area contributed by atoms with Gasteiger partial charge in [0.1, 0.15) is 5.82 Å². The van der Waals surface area contributed by atoms with Gasteiger partial charge < -0.3 is 10.5 Å². The molecule has 4 nitrogen and oxygen atoms in total. The van der Waals surface area contributed by atoms with Crippen LogP contribution in [0.4, 0.5) is 10.1 Å². The van der Waals surface area contributed by atoms with Crippen LogP contribution in [0.15, 0.2) is 35.2 Å². The third-order valence-electron chi connectivity index (χ3n) is 1.81. The Morgan fingerprint density at radius 3 is 2.81 bits per heavy atom. The van der Waals surface area contributed by atoms with Gasteiger partial charge in [0.15, 0.2) is 5.75 Å². The van der Waals surface area contributed by atoms with Crippen LogP contribution in [0.1, 0.15) is 0 Å². The molecule has 0 bridgehead atoms. The first-order valence-electron chi connectivity index (χ1n) is 4.35. The van der Waals surface area contributed by atoms with Gasteiger partial charge in [-0.25, -0.2) is 9.37 Å². The SMILES string of the molecule is Nc1cc(Br)c(F)cc1Oc1cnccn1. The standard InChI is InChI=1S/C10H7BrFN3O/c11-6-3-8(13)9(4-7(6)12)16-10-5-14-1-2-15-10/h1-5H,13H2. The van der Waals surface area contributed by atoms with E-state index in [4.69, 9.17) is 10.5 Å². The van der Waals surface area contributed by atoms with Gasteiger partial charge in [-0.15, -0.1) is 0 Å². The van der Waals surface area contributed by atoms with E-state index in [0.717, 1.165) is 0 Å². The molecule has 82 valence electrons. The van der Waals surface area contributed by atoms with Gasteiger partial charge in [0.05, 0.1) is 16.4 Å². The quantitative estimate of drug-likeness (QED) is 0.861. The number of halogens is 2. The molecule has 2 rings (SSSR count). The maximum atomic E-state index is 13.2. The number of benzene rings is 1. The van der Waals surface area contributed by atoms with Crippen LogP contribution >= 0.6 is 15.9 Å². The number of aromatic nitrogens is 2. The van der Waals surface area contributed by atoms with Crippen molar-refractivity contribution in [2.24, 2.45) is 0 Å². The molecule has 0 fully saturated rings. The molecule has 0 saturated carbocycles. The highest BCUT2D eigenvalue weighted by atomic mass is 79.9. The van der Waals surface area contributed by atoms with Gasteiger partial charge in [0.2, 0.25) is 5.88 Å². The molecule has 0 atom stereocenters. The van der Waals surface area contributed by atoms with Gasteiger partial charge in [-0.1, -0.05) is 0 Å². The van der Waals surface area contributed by atoms with Gasteiger partial charge in [0, 0.05) is 18.5 Å². The fourth-order valence-corrected chi connectivity index (χ4v) is 1.44. The first kappa shape index (κ1) is 10.8. The minimum Gasteiger partial charge on any atom is -0.435 e. The van der Waals surface area contributed by atoms with Crippen LogP contribution in [-0.4, -0.2) is 9.97 Å². The lowest BCUT2D eigenvalue weighted by Crippen LogP contribution is -1.95. The van der Waals surface area contributed by atoms with Crippen LogP contribution < -0.4 is 10.5 Å². The number of hydrogen-bond acceptors (Lipinski definition) is 4. The van der Waals surface area contributed by atoms with Crippen molar-refractivity contribution in [1.82, 2.24) is 9.97 Å². The maximum absolute atomic E-state index is 13.2. The number of rotatable bonds is 2. The van der Waals surface area contributed by atoms with Crippen molar-refractivity contribution in [3.05, 3.63) is 41.0 Å². The van der Waals surface area contributed by atoms with Gasteiger partial charge in [0.25, 0.3) is 0 Å². The Kier molecular flexibility index (Phi) is 3.00. The van der Waals surface area contributed by atoms with E-state index in [0.29, 0.717) is 5.69 Å². The molecule has 0 radical (unpaired) electrons. The number of ether oxygens (including phenoxy) is 1. The molecule has 2 aromatic rings. The molecule has 1 heterocycles. The van der Waals surface area contributed by atoms with Crippen LogP contribution in [0.3, 0.4) is 0 Å². The summed E-state index contributed by atoms with van der Waals surface area (Å²) in [5, 5.41) is 0. The van der Waals surface area contributed by atoms with E-state index in [-0.39, 0.29) is 16.1 Å². The Morgan fingerprint density at radius 1 is 1.31 bits per heavy atom. The first-order valence-corrected chi connectivity index (χ1v) is 5.14. The molecule has 0 aliphatic heterocycles. The topological polar surface area (TPSA) is 61.0 Å². The average molecular weight is 284 g/mol. The van der Waals surface area contributed by atoms with E-state index in [1.807, 2.05) is 0 Å². The predicted molar refractivity (Wildman–Crippen MR) is 60.6 cm³/mol. The molecular formula is C10H7BrFN3O. The van der Waals surface area contributed by atoms with E-state index in [9.17, 15) is 4.39 Å². The molecule has 0 aliphatic carbocycles. The molecule has 0 unspecified atom stereocenters. The number of nitrogens with two attached hydrogens (primary N) is 1. The Morgan fingerprint density at radius 2 is 2.12 bits per heavy atom. The van der Waals surface area contributed by atoms with E-state index < -0.39 is 5.82 Å². The number of hydrogen-bond donors (Lipinski definition) is 1. The van der Waals surface area contributed by atoms with Gasteiger partial charge in [-0.3, -0.25) is 4.98 Å². The van der Waals surface area contributed by atoms with Crippen LogP contribution in [0, 0.1) is 5.82 Å². The summed E-state index contributed by atoms with van der Waals surface area (Å²) in [6, 6.07) is 2.62. The first-order chi connectivity index (χ1) is 7.66. The summed E-state index contributed by atoms with van der Waals surface area (Å²) in [4.78, 5) is 7.71. The van der Waals surface area contributed by atoms with Crippen LogP contribution in [-0.2, 0) is 0 Å². The van der Waals surface area contributed by atoms with Crippen molar-refractivity contribution < 1.29 is 9.13 Å². The van der Waals surface area contributed by atoms with Crippen LogP contribution in [0.5, 0.6) is 11.6 Å². The lowest BCUT2D eigenvalue weighted by molar-refractivity contribution is 0.457. The number of anilines is 1. The Balaban J connectivity index is 2.32. The highest BCUT2D eigenvalue weighted by Crippen LogP contribution is 2.30. The fraction of sp³-hybridized carbons (Fsp3) is 0. The number of nitrogens with zero attached hydrogens (tertiary/aromatic N) is 2. The van der Waals surface area contributed by atoms with Crippen molar-refractivity contribution in [2.75, 3.05) is 5.73 Å². The Hall–Kier alpha value is -1.69. The monoisotopic (exact) mass is 283 g/mol. The minimum absolute atomic E-state index is 0.209. The van der Waals surface area contributed by atoms with Crippen LogP contribution in [0.25, 0.3) is 0 Å². The lowest BCUT2D eigenvalue weighted by Gasteiger charge is -2.07. The summed E-state index contributed by atoms with van der Waals surface area (Å²) in [6.45, 7) is 0. The molecule has 0 spiro atoms. The van der Waals surface area contributed by atoms with Gasteiger partial charge in [-0.2, -0.15) is 0 Å². The summed E-state index contributed by atoms with van der Waals surface area (Å²) < 4.78 is 18.8. The second-order valence-electron chi connectivity index (χ2n) is 2.95. The van der Waals surface area contributed by atoms with Crippen LogP contribution in [0.2, 0.25) is 0 Å². The highest BCUT2D eigenvalue weighted by Gasteiger charge is 2.08. The van der Waals surface area contributed by atoms with E-state index in [1.54, 1.807) is 0 Å². The normalized spacial score (nSPS) is 10.1. The maximum Gasteiger partial charge on any atom is 0.237 e. The molecule has 0 amide bonds. The largest absolute Gasteiger partial charge is 0.435 e. The summed E-state index contributed by atoms with van der Waals surface area (Å²) in [5.41, 5.74) is 5.99. The summed E-state index contributed by atoms with van der Waals surface area (Å²) in [7, 11) is 0. The lowest BCUT2D eigenvalue weighted by atomic mass is 10.3. The third kappa shape index (κ3) is 2.27. The molecule has 0 aliphatic rings. The molecule has 6 heteroatoms. The zero-order valence-electron chi connectivity index (χ0n) is 8.02. The van der Waals surface area contributed by atoms with Crippen molar-refractivity contribution in [1.29, 1.82) is 0 Å². The number of nitrogen functional groups attached to an aromatic ring is 1. The third-order valence-corrected chi connectivity index (χ3v) is 2.41. The second kappa shape index (κ2) is 4.44. The molecule has 16 heavy (non-hydrogen) atoms. The fourth-order valence-electron chi connectivity index (χ4n) is 1.08. The molecule has 2 N–H and O–H groups in total. The Labute approximate surface area is 99.4 Å². The summed E-state index contributed by atoms with van der Waals surface area (Å²) in [6.07, 6.45) is 4.40. The van der Waals surface area contributed by atoms with E-state index >= 15 is 0 Å². The molecule has 0 saturated heterocycles. The summed E-state index contributed by atoms with van der Waals surface area (Å²) >= 11 is 3.03. The molecular weight excluding hydrogens is 277 g/mol. The van der Waals surface area contributed by atoms with Crippen molar-refractivity contribution in [2.45, 2.75) is 0 Å². The van der Waals surface area contributed by atoms with Gasteiger partial charge >= 0.3 is 0 Å². The molecule has 1 aromatic heterocycles. The molecule has 1 aromatic carbocycles. The zero-order valence-corrected chi connectivity index (χ0v) is 9.61. The minimum atomic E-state index is -0.451. The Bertz CT molecular complexity index is 507. The van der Waals surface area contributed by atoms with E-state index in [1.165, 1.54) is 30.7 Å². The second-order valence-corrected chi connectivity index (χ2v) is 3.80.